The molecule has 0 radical (unpaired) electrons. The number of amides is 1. The second-order valence-electron chi connectivity index (χ2n) is 5.00. The molecule has 116 valence electrons. The Balaban J connectivity index is 1.63. The van der Waals surface area contributed by atoms with Gasteiger partial charge in [0.15, 0.2) is 6.61 Å². The Bertz CT molecular complexity index is 605. The van der Waals surface area contributed by atoms with Gasteiger partial charge in [-0.15, -0.1) is 11.3 Å². The summed E-state index contributed by atoms with van der Waals surface area (Å²) in [5.74, 6) is -0.661. The number of rotatable bonds is 7. The van der Waals surface area contributed by atoms with Crippen molar-refractivity contribution in [1.29, 1.82) is 0 Å². The topological polar surface area (TPSA) is 55.4 Å². The van der Waals surface area contributed by atoms with E-state index in [1.54, 1.807) is 11.3 Å². The van der Waals surface area contributed by atoms with Crippen LogP contribution in [-0.2, 0) is 27.2 Å². The summed E-state index contributed by atoms with van der Waals surface area (Å²) in [6, 6.07) is 11.7. The third-order valence-corrected chi connectivity index (χ3v) is 4.04. The highest BCUT2D eigenvalue weighted by Gasteiger charge is 2.08. The van der Waals surface area contributed by atoms with Crippen molar-refractivity contribution < 1.29 is 14.3 Å². The minimum atomic E-state index is -0.391. The number of aryl methyl sites for hydroxylation is 1. The third-order valence-electron chi connectivity index (χ3n) is 3.11. The predicted molar refractivity (Wildman–Crippen MR) is 86.9 cm³/mol. The van der Waals surface area contributed by atoms with Crippen molar-refractivity contribution in [1.82, 2.24) is 5.32 Å². The first kappa shape index (κ1) is 16.2. The van der Waals surface area contributed by atoms with Gasteiger partial charge in [0.05, 0.1) is 6.42 Å². The van der Waals surface area contributed by atoms with E-state index in [0.717, 1.165) is 17.5 Å². The molecule has 22 heavy (non-hydrogen) atoms. The second-order valence-corrected chi connectivity index (χ2v) is 6.03. The van der Waals surface area contributed by atoms with Crippen LogP contribution in [0.15, 0.2) is 41.8 Å². The van der Waals surface area contributed by atoms with E-state index in [1.165, 1.54) is 4.88 Å². The molecule has 5 heteroatoms. The molecule has 1 N–H and O–H groups in total. The summed E-state index contributed by atoms with van der Waals surface area (Å²) >= 11 is 1.66. The van der Waals surface area contributed by atoms with Gasteiger partial charge in [-0.1, -0.05) is 35.9 Å². The van der Waals surface area contributed by atoms with Crippen LogP contribution in [0.2, 0.25) is 0 Å². The van der Waals surface area contributed by atoms with Crippen LogP contribution in [0.3, 0.4) is 0 Å². The Hall–Kier alpha value is -2.14. The van der Waals surface area contributed by atoms with Crippen molar-refractivity contribution in [2.45, 2.75) is 19.8 Å². The molecule has 1 amide bonds. The minimum absolute atomic E-state index is 0.183. The molecule has 0 atom stereocenters. The first-order valence-electron chi connectivity index (χ1n) is 7.14. The lowest BCUT2D eigenvalue weighted by atomic mass is 10.1. The maximum absolute atomic E-state index is 11.7. The molecule has 0 fully saturated rings. The zero-order valence-electron chi connectivity index (χ0n) is 12.5. The van der Waals surface area contributed by atoms with Crippen molar-refractivity contribution in [2.24, 2.45) is 0 Å². The van der Waals surface area contributed by atoms with Gasteiger partial charge < -0.3 is 10.1 Å². The normalized spacial score (nSPS) is 10.2. The number of benzene rings is 1. The Kier molecular flexibility index (Phi) is 6.15. The molecule has 2 aromatic rings. The van der Waals surface area contributed by atoms with E-state index < -0.39 is 5.97 Å². The maximum Gasteiger partial charge on any atom is 0.310 e. The fraction of sp³-hybridized carbons (Fsp3) is 0.294. The Labute approximate surface area is 134 Å². The Morgan fingerprint density at radius 1 is 1.18 bits per heavy atom. The number of esters is 1. The van der Waals surface area contributed by atoms with Crippen molar-refractivity contribution >= 4 is 23.2 Å². The summed E-state index contributed by atoms with van der Waals surface area (Å²) in [5, 5.41) is 4.74. The second kappa shape index (κ2) is 8.34. The monoisotopic (exact) mass is 317 g/mol. The summed E-state index contributed by atoms with van der Waals surface area (Å²) in [7, 11) is 0. The van der Waals surface area contributed by atoms with Gasteiger partial charge in [-0.25, -0.2) is 0 Å². The number of carbonyl (C=O) groups is 2. The van der Waals surface area contributed by atoms with Crippen molar-refractivity contribution in [3.63, 3.8) is 0 Å². The predicted octanol–water partition coefficient (Wildman–Crippen LogP) is 2.50. The molecule has 4 nitrogen and oxygen atoms in total. The molecule has 0 saturated carbocycles. The van der Waals surface area contributed by atoms with E-state index in [2.05, 4.69) is 5.32 Å². The van der Waals surface area contributed by atoms with Crippen molar-refractivity contribution in [3.8, 4) is 0 Å². The summed E-state index contributed by atoms with van der Waals surface area (Å²) in [5.41, 5.74) is 2.02. The van der Waals surface area contributed by atoms with E-state index in [1.807, 2.05) is 48.7 Å². The SMILES string of the molecule is Cc1ccc(CC(=O)OCC(=O)NCCc2cccs2)cc1. The summed E-state index contributed by atoms with van der Waals surface area (Å²) < 4.78 is 4.98. The number of carbonyl (C=O) groups excluding carboxylic acids is 2. The molecule has 0 spiro atoms. The number of ether oxygens (including phenoxy) is 1. The lowest BCUT2D eigenvalue weighted by Gasteiger charge is -2.06. The van der Waals surface area contributed by atoms with Crippen LogP contribution < -0.4 is 5.32 Å². The zero-order valence-corrected chi connectivity index (χ0v) is 13.3. The first-order valence-corrected chi connectivity index (χ1v) is 8.02. The van der Waals surface area contributed by atoms with Crippen molar-refractivity contribution in [2.75, 3.05) is 13.2 Å². The van der Waals surface area contributed by atoms with Gasteiger partial charge in [0, 0.05) is 11.4 Å². The van der Waals surface area contributed by atoms with E-state index in [4.69, 9.17) is 4.74 Å². The van der Waals surface area contributed by atoms with Gasteiger partial charge >= 0.3 is 5.97 Å². The molecular weight excluding hydrogens is 298 g/mol. The van der Waals surface area contributed by atoms with Gasteiger partial charge in [0.1, 0.15) is 0 Å². The standard InChI is InChI=1S/C17H19NO3S/c1-13-4-6-14(7-5-13)11-17(20)21-12-16(19)18-9-8-15-3-2-10-22-15/h2-7,10H,8-9,11-12H2,1H3,(H,18,19). The lowest BCUT2D eigenvalue weighted by molar-refractivity contribution is -0.147. The Morgan fingerprint density at radius 2 is 1.95 bits per heavy atom. The highest BCUT2D eigenvalue weighted by atomic mass is 32.1. The van der Waals surface area contributed by atoms with Crippen LogP contribution in [0.4, 0.5) is 0 Å². The van der Waals surface area contributed by atoms with Crippen LogP contribution in [0.1, 0.15) is 16.0 Å². The van der Waals surface area contributed by atoms with E-state index >= 15 is 0 Å². The molecule has 0 aliphatic rings. The Morgan fingerprint density at radius 3 is 2.64 bits per heavy atom. The molecule has 0 bridgehead atoms. The first-order chi connectivity index (χ1) is 10.6. The van der Waals surface area contributed by atoms with Gasteiger partial charge in [-0.05, 0) is 30.4 Å². The average Bonchev–Trinajstić information content (AvgIpc) is 3.01. The lowest BCUT2D eigenvalue weighted by Crippen LogP contribution is -2.30. The smallest absolute Gasteiger partial charge is 0.310 e. The fourth-order valence-electron chi connectivity index (χ4n) is 1.90. The van der Waals surface area contributed by atoms with Gasteiger partial charge in [0.2, 0.25) is 0 Å². The molecule has 0 aliphatic carbocycles. The molecule has 1 aromatic carbocycles. The molecule has 1 aromatic heterocycles. The molecule has 2 rings (SSSR count). The van der Waals surface area contributed by atoms with E-state index in [9.17, 15) is 9.59 Å². The molecule has 0 aliphatic heterocycles. The van der Waals surface area contributed by atoms with Crippen LogP contribution in [-0.4, -0.2) is 25.0 Å². The van der Waals surface area contributed by atoms with E-state index in [-0.39, 0.29) is 18.9 Å². The van der Waals surface area contributed by atoms with E-state index in [0.29, 0.717) is 6.54 Å². The van der Waals surface area contributed by atoms with Crippen molar-refractivity contribution in [3.05, 3.63) is 57.8 Å². The summed E-state index contributed by atoms with van der Waals surface area (Å²) in [6.45, 7) is 2.31. The maximum atomic E-state index is 11.7. The van der Waals surface area contributed by atoms with Crippen LogP contribution in [0, 0.1) is 6.92 Å². The van der Waals surface area contributed by atoms with Crippen LogP contribution in [0.5, 0.6) is 0 Å². The minimum Gasteiger partial charge on any atom is -0.455 e. The van der Waals surface area contributed by atoms with Crippen LogP contribution in [0.25, 0.3) is 0 Å². The zero-order chi connectivity index (χ0) is 15.8. The quantitative estimate of drug-likeness (QED) is 0.798. The van der Waals surface area contributed by atoms with Gasteiger partial charge in [-0.2, -0.15) is 0 Å². The summed E-state index contributed by atoms with van der Waals surface area (Å²) in [6.07, 6.45) is 0.976. The average molecular weight is 317 g/mol. The largest absolute Gasteiger partial charge is 0.455 e. The highest BCUT2D eigenvalue weighted by Crippen LogP contribution is 2.08. The number of nitrogens with one attached hydrogen (secondary N) is 1. The van der Waals surface area contributed by atoms with Gasteiger partial charge in [-0.3, -0.25) is 9.59 Å². The summed E-state index contributed by atoms with van der Waals surface area (Å²) in [4.78, 5) is 24.5. The third kappa shape index (κ3) is 5.69. The highest BCUT2D eigenvalue weighted by molar-refractivity contribution is 7.09. The number of hydrogen-bond donors (Lipinski definition) is 1. The molecule has 1 heterocycles. The molecular formula is C17H19NO3S. The fourth-order valence-corrected chi connectivity index (χ4v) is 2.61. The molecule has 0 saturated heterocycles. The van der Waals surface area contributed by atoms with Gasteiger partial charge in [0.25, 0.3) is 5.91 Å². The molecule has 0 unspecified atom stereocenters. The number of thiophene rings is 1. The van der Waals surface area contributed by atoms with Crippen LogP contribution >= 0.6 is 11.3 Å². The number of hydrogen-bond acceptors (Lipinski definition) is 4.